The summed E-state index contributed by atoms with van der Waals surface area (Å²) < 4.78 is 5.60. The zero-order valence-corrected chi connectivity index (χ0v) is 20.7. The van der Waals surface area contributed by atoms with Crippen LogP contribution in [-0.2, 0) is 27.2 Å². The quantitative estimate of drug-likeness (QED) is 0.423. The molecule has 3 amide bonds. The number of anilines is 2. The molecule has 11 nitrogen and oxygen atoms in total. The number of aromatic nitrogens is 2. The smallest absolute Gasteiger partial charge is 0.243 e. The van der Waals surface area contributed by atoms with Crippen molar-refractivity contribution >= 4 is 29.5 Å². The summed E-state index contributed by atoms with van der Waals surface area (Å²) in [5.74, 6) is 1.67. The molecule has 2 aromatic heterocycles. The topological polar surface area (TPSA) is 150 Å². The van der Waals surface area contributed by atoms with Crippen LogP contribution in [0.5, 0.6) is 0 Å². The van der Waals surface area contributed by atoms with Crippen molar-refractivity contribution in [1.29, 1.82) is 0 Å². The second kappa shape index (κ2) is 12.2. The zero-order valence-electron chi connectivity index (χ0n) is 20.7. The van der Waals surface area contributed by atoms with Gasteiger partial charge in [0.1, 0.15) is 29.4 Å². The Balaban J connectivity index is 1.71. The minimum atomic E-state index is -0.737. The molecule has 11 heteroatoms. The van der Waals surface area contributed by atoms with Crippen molar-refractivity contribution in [3.63, 3.8) is 0 Å². The largest absolute Gasteiger partial charge is 0.466 e. The fourth-order valence-electron chi connectivity index (χ4n) is 3.63. The van der Waals surface area contributed by atoms with Gasteiger partial charge in [0.15, 0.2) is 0 Å². The van der Waals surface area contributed by atoms with E-state index in [9.17, 15) is 14.4 Å². The van der Waals surface area contributed by atoms with E-state index in [1.54, 1.807) is 13.0 Å². The average molecular weight is 486 g/mol. The van der Waals surface area contributed by atoms with Gasteiger partial charge in [-0.2, -0.15) is 4.98 Å². The van der Waals surface area contributed by atoms with E-state index in [1.165, 1.54) is 0 Å². The van der Waals surface area contributed by atoms with Crippen molar-refractivity contribution in [2.45, 2.75) is 59.0 Å². The Labute approximate surface area is 205 Å². The van der Waals surface area contributed by atoms with Crippen molar-refractivity contribution in [1.82, 2.24) is 25.9 Å². The van der Waals surface area contributed by atoms with Gasteiger partial charge < -0.3 is 31.0 Å². The molecular weight excluding hydrogens is 450 g/mol. The van der Waals surface area contributed by atoms with Crippen LogP contribution in [0, 0.1) is 12.8 Å². The minimum absolute atomic E-state index is 0.135. The number of furan rings is 1. The van der Waals surface area contributed by atoms with Crippen LogP contribution in [0.4, 0.5) is 11.8 Å². The molecule has 0 aromatic carbocycles. The first kappa shape index (κ1) is 26.0. The fraction of sp³-hybridized carbons (Fsp3) is 0.542. The van der Waals surface area contributed by atoms with E-state index in [2.05, 4.69) is 36.6 Å². The monoisotopic (exact) mass is 485 g/mol. The first-order valence-electron chi connectivity index (χ1n) is 12.0. The second-order valence-electron chi connectivity index (χ2n) is 8.99. The van der Waals surface area contributed by atoms with Crippen LogP contribution in [0.3, 0.4) is 0 Å². The van der Waals surface area contributed by atoms with E-state index in [-0.39, 0.29) is 30.1 Å². The van der Waals surface area contributed by atoms with Crippen LogP contribution >= 0.6 is 0 Å². The number of carbonyl (C=O) groups is 3. The van der Waals surface area contributed by atoms with Crippen molar-refractivity contribution in [3.05, 3.63) is 35.4 Å². The molecule has 5 N–H and O–H groups in total. The standard InChI is InChI=1S/C24H35N7O4/c1-14(2)21-23(34)28-16(4)22(33)26-10-7-17-13-19(25-12-9-20(32)31-21)30-24(29-17)27-11-8-18-6-5-15(3)35-18/h5-6,13-14,16,21H,7-12H2,1-4H3,(H,26,33)(H,28,34)(H,31,32)(H2,25,27,29,30)/t16-,21+/m0/s1. The number of rotatable bonds is 5. The lowest BCUT2D eigenvalue weighted by Crippen LogP contribution is -2.54. The molecule has 0 fully saturated rings. The summed E-state index contributed by atoms with van der Waals surface area (Å²) in [5.41, 5.74) is 0.729. The number of nitrogens with zero attached hydrogens (tertiary/aromatic N) is 2. The normalized spacial score (nSPS) is 20.0. The molecule has 0 unspecified atom stereocenters. The summed E-state index contributed by atoms with van der Waals surface area (Å²) in [4.78, 5) is 46.7. The number of fused-ring (bicyclic) bond motifs is 2. The number of hydrogen-bond acceptors (Lipinski definition) is 8. The maximum Gasteiger partial charge on any atom is 0.243 e. The molecular formula is C24H35N7O4. The Hall–Kier alpha value is -3.63. The van der Waals surface area contributed by atoms with Gasteiger partial charge in [0.2, 0.25) is 23.7 Å². The highest BCUT2D eigenvalue weighted by molar-refractivity contribution is 5.92. The predicted octanol–water partition coefficient (Wildman–Crippen LogP) is 1.15. The van der Waals surface area contributed by atoms with Gasteiger partial charge in [0, 0.05) is 50.7 Å². The summed E-state index contributed by atoms with van der Waals surface area (Å²) in [6.07, 6.45) is 1.32. The molecule has 0 aliphatic carbocycles. The van der Waals surface area contributed by atoms with Gasteiger partial charge in [0.05, 0.1) is 0 Å². The SMILES string of the molecule is Cc1ccc(CCNc2nc3cc(n2)NCCC(=O)N[C@H](C(C)C)C(=O)N[C@@H](C)C(=O)NCC3)o1. The highest BCUT2D eigenvalue weighted by Crippen LogP contribution is 2.13. The Morgan fingerprint density at radius 3 is 2.54 bits per heavy atom. The Kier molecular flexibility index (Phi) is 9.04. The van der Waals surface area contributed by atoms with E-state index >= 15 is 0 Å². The number of hydrogen-bond donors (Lipinski definition) is 5. The predicted molar refractivity (Wildman–Crippen MR) is 132 cm³/mol. The third kappa shape index (κ3) is 7.97. The fourth-order valence-corrected chi connectivity index (χ4v) is 3.63. The summed E-state index contributed by atoms with van der Waals surface area (Å²) in [7, 11) is 0. The van der Waals surface area contributed by atoms with E-state index in [0.717, 1.165) is 17.2 Å². The zero-order chi connectivity index (χ0) is 25.4. The van der Waals surface area contributed by atoms with Crippen molar-refractivity contribution in [2.24, 2.45) is 5.92 Å². The van der Waals surface area contributed by atoms with Crippen LogP contribution in [0.2, 0.25) is 0 Å². The highest BCUT2D eigenvalue weighted by atomic mass is 16.3. The first-order chi connectivity index (χ1) is 16.7. The number of carbonyl (C=O) groups excluding carboxylic acids is 3. The molecule has 2 atom stereocenters. The van der Waals surface area contributed by atoms with Gasteiger partial charge in [0.25, 0.3) is 0 Å². The summed E-state index contributed by atoms with van der Waals surface area (Å²) in [6, 6.07) is 4.20. The summed E-state index contributed by atoms with van der Waals surface area (Å²) >= 11 is 0. The van der Waals surface area contributed by atoms with Gasteiger partial charge >= 0.3 is 0 Å². The van der Waals surface area contributed by atoms with Crippen LogP contribution in [0.15, 0.2) is 22.6 Å². The molecule has 190 valence electrons. The molecule has 2 bridgehead atoms. The third-order valence-corrected chi connectivity index (χ3v) is 5.59. The number of aryl methyl sites for hydroxylation is 1. The van der Waals surface area contributed by atoms with E-state index in [4.69, 9.17) is 4.42 Å². The molecule has 1 aliphatic rings. The Bertz CT molecular complexity index is 1040. The van der Waals surface area contributed by atoms with Crippen LogP contribution < -0.4 is 26.6 Å². The van der Waals surface area contributed by atoms with Gasteiger partial charge in [-0.3, -0.25) is 14.4 Å². The number of amides is 3. The van der Waals surface area contributed by atoms with Gasteiger partial charge in [-0.25, -0.2) is 4.98 Å². The van der Waals surface area contributed by atoms with Gasteiger partial charge in [-0.15, -0.1) is 0 Å². The maximum atomic E-state index is 12.6. The van der Waals surface area contributed by atoms with E-state index < -0.39 is 12.1 Å². The van der Waals surface area contributed by atoms with Gasteiger partial charge in [-0.05, 0) is 31.9 Å². The molecule has 1 aliphatic heterocycles. The Morgan fingerprint density at radius 2 is 1.83 bits per heavy atom. The van der Waals surface area contributed by atoms with E-state index in [0.29, 0.717) is 44.2 Å². The number of nitrogens with one attached hydrogen (secondary N) is 5. The minimum Gasteiger partial charge on any atom is -0.466 e. The molecule has 35 heavy (non-hydrogen) atoms. The molecule has 3 rings (SSSR count). The molecule has 0 saturated carbocycles. The molecule has 0 spiro atoms. The molecule has 2 aromatic rings. The lowest BCUT2D eigenvalue weighted by atomic mass is 10.0. The molecule has 3 heterocycles. The lowest BCUT2D eigenvalue weighted by molar-refractivity contribution is -0.132. The van der Waals surface area contributed by atoms with Gasteiger partial charge in [-0.1, -0.05) is 13.8 Å². The van der Waals surface area contributed by atoms with Crippen molar-refractivity contribution in [3.8, 4) is 0 Å². The lowest BCUT2D eigenvalue weighted by Gasteiger charge is -2.24. The summed E-state index contributed by atoms with van der Waals surface area (Å²) in [6.45, 7) is 8.48. The average Bonchev–Trinajstić information content (AvgIpc) is 3.21. The maximum absolute atomic E-state index is 12.6. The first-order valence-corrected chi connectivity index (χ1v) is 12.0. The van der Waals surface area contributed by atoms with Crippen molar-refractivity contribution < 1.29 is 18.8 Å². The Morgan fingerprint density at radius 1 is 1.06 bits per heavy atom. The summed E-state index contributed by atoms with van der Waals surface area (Å²) in [5, 5.41) is 14.7. The van der Waals surface area contributed by atoms with Crippen LogP contribution in [0.25, 0.3) is 0 Å². The van der Waals surface area contributed by atoms with Crippen LogP contribution in [0.1, 0.15) is 44.4 Å². The molecule has 0 saturated heterocycles. The second-order valence-corrected chi connectivity index (χ2v) is 8.99. The van der Waals surface area contributed by atoms with E-state index in [1.807, 2.05) is 32.9 Å². The van der Waals surface area contributed by atoms with Crippen LogP contribution in [-0.4, -0.2) is 59.4 Å². The highest BCUT2D eigenvalue weighted by Gasteiger charge is 2.27. The third-order valence-electron chi connectivity index (χ3n) is 5.59. The van der Waals surface area contributed by atoms with Crippen molar-refractivity contribution in [2.75, 3.05) is 30.3 Å². The molecule has 0 radical (unpaired) electrons.